The van der Waals surface area contributed by atoms with Crippen LogP contribution in [0.25, 0.3) is 5.69 Å². The molecular weight excluding hydrogens is 390 g/mol. The van der Waals surface area contributed by atoms with Gasteiger partial charge < -0.3 is 25.0 Å². The Morgan fingerprint density at radius 2 is 1.90 bits per heavy atom. The number of aliphatic hydroxyl groups is 1. The minimum absolute atomic E-state index is 0.121. The average Bonchev–Trinajstić information content (AvgIpc) is 3.30. The molecule has 0 spiro atoms. The van der Waals surface area contributed by atoms with Gasteiger partial charge in [-0.3, -0.25) is 0 Å². The largest absolute Gasteiger partial charge is 0.491 e. The van der Waals surface area contributed by atoms with Crippen LogP contribution in [-0.2, 0) is 6.54 Å². The van der Waals surface area contributed by atoms with Gasteiger partial charge in [-0.05, 0) is 50.1 Å². The van der Waals surface area contributed by atoms with Crippen molar-refractivity contribution in [3.05, 3.63) is 78.4 Å². The molecule has 1 aromatic heterocycles. The summed E-state index contributed by atoms with van der Waals surface area (Å²) in [5, 5.41) is 17.0. The fourth-order valence-corrected chi connectivity index (χ4v) is 3.16. The molecule has 2 aromatic carbocycles. The van der Waals surface area contributed by atoms with Crippen molar-refractivity contribution < 1.29 is 9.84 Å². The number of aliphatic imine (C=N–C) groups is 1. The lowest BCUT2D eigenvalue weighted by Gasteiger charge is -2.17. The summed E-state index contributed by atoms with van der Waals surface area (Å²) < 4.78 is 7.63. The van der Waals surface area contributed by atoms with Gasteiger partial charge in [0.25, 0.3) is 0 Å². The molecule has 3 rings (SSSR count). The van der Waals surface area contributed by atoms with Gasteiger partial charge in [-0.25, -0.2) is 9.98 Å². The van der Waals surface area contributed by atoms with Gasteiger partial charge in [0, 0.05) is 25.5 Å². The minimum Gasteiger partial charge on any atom is -0.491 e. The van der Waals surface area contributed by atoms with Crippen LogP contribution in [0.4, 0.5) is 0 Å². The number of hydrogen-bond donors (Lipinski definition) is 3. The molecule has 0 aliphatic carbocycles. The number of para-hydroxylation sites is 1. The predicted molar refractivity (Wildman–Crippen MR) is 124 cm³/mol. The number of hydrogen-bond acceptors (Lipinski definition) is 4. The van der Waals surface area contributed by atoms with Crippen LogP contribution in [0.3, 0.4) is 0 Å². The summed E-state index contributed by atoms with van der Waals surface area (Å²) in [4.78, 5) is 8.82. The summed E-state index contributed by atoms with van der Waals surface area (Å²) in [6.07, 6.45) is 4.92. The van der Waals surface area contributed by atoms with Crippen LogP contribution in [0.15, 0.2) is 72.2 Å². The van der Waals surface area contributed by atoms with Gasteiger partial charge in [-0.2, -0.15) is 0 Å². The van der Waals surface area contributed by atoms with Crippen molar-refractivity contribution in [2.45, 2.75) is 39.5 Å². The van der Waals surface area contributed by atoms with Gasteiger partial charge in [0.2, 0.25) is 0 Å². The molecule has 0 saturated heterocycles. The topological polar surface area (TPSA) is 83.7 Å². The van der Waals surface area contributed by atoms with E-state index in [0.29, 0.717) is 19.0 Å². The van der Waals surface area contributed by atoms with E-state index >= 15 is 0 Å². The first-order valence-electron chi connectivity index (χ1n) is 10.6. The Morgan fingerprint density at radius 3 is 2.58 bits per heavy atom. The van der Waals surface area contributed by atoms with E-state index in [-0.39, 0.29) is 6.10 Å². The van der Waals surface area contributed by atoms with Gasteiger partial charge in [0.05, 0.1) is 30.8 Å². The minimum atomic E-state index is -0.657. The molecule has 164 valence electrons. The number of benzene rings is 2. The molecule has 0 saturated carbocycles. The molecular formula is C24H31N5O2. The molecule has 0 amide bonds. The number of ether oxygens (including phenoxy) is 1. The second-order valence-corrected chi connectivity index (χ2v) is 7.43. The van der Waals surface area contributed by atoms with Crippen LogP contribution in [0, 0.1) is 0 Å². The monoisotopic (exact) mass is 421 g/mol. The highest BCUT2D eigenvalue weighted by Crippen LogP contribution is 2.18. The molecule has 3 N–H and O–H groups in total. The van der Waals surface area contributed by atoms with Crippen molar-refractivity contribution in [1.29, 1.82) is 0 Å². The lowest BCUT2D eigenvalue weighted by atomic mass is 10.1. The summed E-state index contributed by atoms with van der Waals surface area (Å²) in [6, 6.07) is 15.6. The Balaban J connectivity index is 1.63. The van der Waals surface area contributed by atoms with Crippen molar-refractivity contribution >= 4 is 5.96 Å². The van der Waals surface area contributed by atoms with E-state index in [4.69, 9.17) is 9.73 Å². The molecule has 3 aromatic rings. The number of nitrogens with zero attached hydrogens (tertiary/aromatic N) is 3. The van der Waals surface area contributed by atoms with Crippen LogP contribution in [0.5, 0.6) is 5.75 Å². The number of rotatable bonds is 9. The van der Waals surface area contributed by atoms with Crippen molar-refractivity contribution in [3.8, 4) is 11.4 Å². The molecule has 7 nitrogen and oxygen atoms in total. The number of nitrogens with one attached hydrogen (secondary N) is 2. The highest BCUT2D eigenvalue weighted by Gasteiger charge is 2.10. The maximum absolute atomic E-state index is 10.6. The second-order valence-electron chi connectivity index (χ2n) is 7.43. The normalized spacial score (nSPS) is 12.6. The molecule has 1 unspecified atom stereocenters. The van der Waals surface area contributed by atoms with Crippen molar-refractivity contribution in [1.82, 2.24) is 20.2 Å². The third kappa shape index (κ3) is 6.58. The molecule has 0 bridgehead atoms. The lowest BCUT2D eigenvalue weighted by Crippen LogP contribution is -2.39. The summed E-state index contributed by atoms with van der Waals surface area (Å²) in [5.74, 6) is 1.45. The average molecular weight is 422 g/mol. The second kappa shape index (κ2) is 11.2. The van der Waals surface area contributed by atoms with Gasteiger partial charge in [0.1, 0.15) is 5.75 Å². The first-order valence-corrected chi connectivity index (χ1v) is 10.6. The van der Waals surface area contributed by atoms with E-state index in [2.05, 4.69) is 21.7 Å². The lowest BCUT2D eigenvalue weighted by molar-refractivity contribution is 0.180. The van der Waals surface area contributed by atoms with Crippen LogP contribution in [0.2, 0.25) is 0 Å². The smallest absolute Gasteiger partial charge is 0.191 e. The molecule has 31 heavy (non-hydrogen) atoms. The van der Waals surface area contributed by atoms with Crippen molar-refractivity contribution in [2.24, 2.45) is 4.99 Å². The zero-order valence-corrected chi connectivity index (χ0v) is 18.3. The van der Waals surface area contributed by atoms with Gasteiger partial charge in [-0.1, -0.05) is 30.3 Å². The first kappa shape index (κ1) is 22.4. The number of guanidine groups is 1. The quantitative estimate of drug-likeness (QED) is 0.364. The van der Waals surface area contributed by atoms with E-state index in [1.54, 1.807) is 12.5 Å². The molecule has 1 heterocycles. The Hall–Kier alpha value is -3.32. The van der Waals surface area contributed by atoms with Crippen LogP contribution in [0.1, 0.15) is 38.0 Å². The first-order chi connectivity index (χ1) is 15.1. The summed E-state index contributed by atoms with van der Waals surface area (Å²) in [7, 11) is 0. The molecule has 0 aliphatic rings. The van der Waals surface area contributed by atoms with Crippen LogP contribution in [-0.4, -0.2) is 39.8 Å². The van der Waals surface area contributed by atoms with Crippen molar-refractivity contribution in [2.75, 3.05) is 13.1 Å². The summed E-state index contributed by atoms with van der Waals surface area (Å²) >= 11 is 0. The molecule has 1 atom stereocenters. The molecule has 0 radical (unpaired) electrons. The third-order valence-corrected chi connectivity index (χ3v) is 4.63. The Bertz CT molecular complexity index is 952. The maximum Gasteiger partial charge on any atom is 0.191 e. The molecule has 7 heteroatoms. The van der Waals surface area contributed by atoms with Gasteiger partial charge in [0.15, 0.2) is 5.96 Å². The standard InChI is InChI=1S/C24H31N5O2/c1-4-26-24(27-15-20-7-5-6-8-22(20)29-14-13-25-17-29)28-16-23(30)19-9-11-21(12-10-19)31-18(2)3/h5-14,17-18,23,30H,4,15-16H2,1-3H3,(H2,26,27,28). The third-order valence-electron chi connectivity index (χ3n) is 4.63. The highest BCUT2D eigenvalue weighted by molar-refractivity contribution is 5.79. The molecule has 0 aliphatic heterocycles. The predicted octanol–water partition coefficient (Wildman–Crippen LogP) is 3.45. The van der Waals surface area contributed by atoms with Crippen LogP contribution < -0.4 is 15.4 Å². The zero-order valence-electron chi connectivity index (χ0n) is 18.3. The molecule has 0 fully saturated rings. The van der Waals surface area contributed by atoms with E-state index < -0.39 is 6.10 Å². The summed E-state index contributed by atoms with van der Waals surface area (Å²) in [5.41, 5.74) is 2.95. The van der Waals surface area contributed by atoms with Gasteiger partial charge in [-0.15, -0.1) is 0 Å². The zero-order chi connectivity index (χ0) is 22.1. The Morgan fingerprint density at radius 1 is 1.13 bits per heavy atom. The van der Waals surface area contributed by atoms with E-state index in [9.17, 15) is 5.11 Å². The number of aliphatic hydroxyl groups excluding tert-OH is 1. The van der Waals surface area contributed by atoms with E-state index in [1.165, 1.54) is 0 Å². The van der Waals surface area contributed by atoms with E-state index in [1.807, 2.05) is 74.0 Å². The fourth-order valence-electron chi connectivity index (χ4n) is 3.16. The SMILES string of the molecule is CCNC(=NCc1ccccc1-n1ccnc1)NCC(O)c1ccc(OC(C)C)cc1. The number of imidazole rings is 1. The fraction of sp³-hybridized carbons (Fsp3) is 0.333. The Kier molecular flexibility index (Phi) is 8.06. The summed E-state index contributed by atoms with van der Waals surface area (Å²) in [6.45, 7) is 7.57. The van der Waals surface area contributed by atoms with E-state index in [0.717, 1.165) is 29.1 Å². The number of aromatic nitrogens is 2. The maximum atomic E-state index is 10.6. The Labute approximate surface area is 183 Å². The van der Waals surface area contributed by atoms with Gasteiger partial charge >= 0.3 is 0 Å². The highest BCUT2D eigenvalue weighted by atomic mass is 16.5. The van der Waals surface area contributed by atoms with Crippen LogP contribution >= 0.6 is 0 Å². The van der Waals surface area contributed by atoms with Crippen molar-refractivity contribution in [3.63, 3.8) is 0 Å².